The highest BCUT2D eigenvalue weighted by atomic mass is 127. The summed E-state index contributed by atoms with van der Waals surface area (Å²) in [5.74, 6) is 0.0464. The van der Waals surface area contributed by atoms with E-state index in [1.165, 1.54) is 0 Å². The third-order valence-electron chi connectivity index (χ3n) is 2.21. The molecule has 1 rings (SSSR count). The first-order chi connectivity index (χ1) is 6.27. The van der Waals surface area contributed by atoms with Crippen LogP contribution in [0.2, 0.25) is 0 Å². The fourth-order valence-corrected chi connectivity index (χ4v) is 2.05. The highest BCUT2D eigenvalue weighted by Crippen LogP contribution is 2.14. The standard InChI is InChI=1S/C9H15INO2/c1-2-13-9(12)8-4-3-5-11(6-8)7-10/h7-8H,2-6H2,1H3/q+1. The van der Waals surface area contributed by atoms with Gasteiger partial charge in [-0.3, -0.25) is 4.79 Å². The summed E-state index contributed by atoms with van der Waals surface area (Å²) in [5, 5.41) is 0. The van der Waals surface area contributed by atoms with Crippen molar-refractivity contribution in [2.45, 2.75) is 19.8 Å². The van der Waals surface area contributed by atoms with Gasteiger partial charge in [0.1, 0.15) is 12.5 Å². The van der Waals surface area contributed by atoms with Crippen molar-refractivity contribution < 1.29 is 14.1 Å². The molecule has 0 aliphatic carbocycles. The van der Waals surface area contributed by atoms with Gasteiger partial charge in [-0.15, -0.1) is 0 Å². The van der Waals surface area contributed by atoms with Gasteiger partial charge in [-0.05, 0) is 13.3 Å². The van der Waals surface area contributed by atoms with Gasteiger partial charge in [0.15, 0.2) is 10.8 Å². The number of hydrogen-bond acceptors (Lipinski definition) is 2. The number of ether oxygens (including phenoxy) is 1. The lowest BCUT2D eigenvalue weighted by Crippen LogP contribution is -2.33. The zero-order valence-electron chi connectivity index (χ0n) is 7.83. The number of esters is 1. The van der Waals surface area contributed by atoms with Crippen molar-refractivity contribution in [3.63, 3.8) is 0 Å². The molecule has 0 bridgehead atoms. The summed E-state index contributed by atoms with van der Waals surface area (Å²) in [6, 6.07) is 0. The van der Waals surface area contributed by atoms with Gasteiger partial charge in [0.05, 0.1) is 6.61 Å². The molecule has 13 heavy (non-hydrogen) atoms. The Morgan fingerprint density at radius 3 is 3.15 bits per heavy atom. The van der Waals surface area contributed by atoms with Crippen LogP contribution in [0.5, 0.6) is 0 Å². The maximum atomic E-state index is 11.4. The van der Waals surface area contributed by atoms with E-state index < -0.39 is 0 Å². The molecule has 1 saturated heterocycles. The van der Waals surface area contributed by atoms with Crippen molar-refractivity contribution in [3.8, 4) is 0 Å². The minimum atomic E-state index is -0.0366. The van der Waals surface area contributed by atoms with E-state index in [0.29, 0.717) is 6.61 Å². The number of rotatable bonds is 2. The van der Waals surface area contributed by atoms with Crippen molar-refractivity contribution in [2.24, 2.45) is 5.92 Å². The van der Waals surface area contributed by atoms with Crippen molar-refractivity contribution in [1.29, 1.82) is 0 Å². The molecule has 1 aliphatic heterocycles. The highest BCUT2D eigenvalue weighted by Gasteiger charge is 2.28. The molecule has 0 amide bonds. The number of carbonyl (C=O) groups excluding carboxylic acids is 1. The van der Waals surface area contributed by atoms with Gasteiger partial charge in [-0.1, -0.05) is 0 Å². The van der Waals surface area contributed by atoms with Crippen LogP contribution >= 0.6 is 22.6 Å². The molecule has 1 aliphatic rings. The van der Waals surface area contributed by atoms with E-state index >= 15 is 0 Å². The van der Waals surface area contributed by atoms with Crippen LogP contribution < -0.4 is 0 Å². The smallest absolute Gasteiger partial charge is 0.315 e. The van der Waals surface area contributed by atoms with Crippen LogP contribution in [0.25, 0.3) is 0 Å². The molecule has 0 N–H and O–H groups in total. The molecular formula is C9H15INO2+. The minimum absolute atomic E-state index is 0.0366. The monoisotopic (exact) mass is 296 g/mol. The van der Waals surface area contributed by atoms with Crippen molar-refractivity contribution in [1.82, 2.24) is 0 Å². The molecule has 74 valence electrons. The number of nitrogens with zero attached hydrogens (tertiary/aromatic N) is 1. The average Bonchev–Trinajstić information content (AvgIpc) is 2.18. The Morgan fingerprint density at radius 1 is 1.77 bits per heavy atom. The van der Waals surface area contributed by atoms with Gasteiger partial charge < -0.3 is 4.74 Å². The fraction of sp³-hybridized carbons (Fsp3) is 0.778. The van der Waals surface area contributed by atoms with Crippen LogP contribution in [0.4, 0.5) is 0 Å². The summed E-state index contributed by atoms with van der Waals surface area (Å²) < 4.78 is 9.18. The summed E-state index contributed by atoms with van der Waals surface area (Å²) >= 11 is 2.21. The van der Waals surface area contributed by atoms with Gasteiger partial charge in [-0.25, -0.2) is 4.58 Å². The quantitative estimate of drug-likeness (QED) is 0.438. The Balaban J connectivity index is 2.46. The summed E-state index contributed by atoms with van der Waals surface area (Å²) in [4.78, 5) is 11.4. The SMILES string of the molecule is CCOC(=O)C1CCC[N+](=CI)C1. The van der Waals surface area contributed by atoms with Crippen LogP contribution in [-0.4, -0.2) is 34.5 Å². The summed E-state index contributed by atoms with van der Waals surface area (Å²) in [6.45, 7) is 4.23. The lowest BCUT2D eigenvalue weighted by Gasteiger charge is -2.18. The van der Waals surface area contributed by atoms with Crippen LogP contribution in [0, 0.1) is 5.92 Å². The number of halogens is 1. The molecule has 0 aromatic carbocycles. The van der Waals surface area contributed by atoms with E-state index in [0.717, 1.165) is 25.9 Å². The van der Waals surface area contributed by atoms with Crippen LogP contribution in [-0.2, 0) is 9.53 Å². The molecular weight excluding hydrogens is 281 g/mol. The Hall–Kier alpha value is -0.130. The lowest BCUT2D eigenvalue weighted by molar-refractivity contribution is -0.536. The number of carbonyl (C=O) groups is 1. The third-order valence-corrected chi connectivity index (χ3v) is 3.00. The van der Waals surface area contributed by atoms with Gasteiger partial charge in [0, 0.05) is 29.0 Å². The topological polar surface area (TPSA) is 29.3 Å². The van der Waals surface area contributed by atoms with Crippen molar-refractivity contribution in [2.75, 3.05) is 19.7 Å². The molecule has 1 heterocycles. The molecule has 0 radical (unpaired) electrons. The average molecular weight is 296 g/mol. The van der Waals surface area contributed by atoms with E-state index in [1.807, 2.05) is 11.1 Å². The fourth-order valence-electron chi connectivity index (χ4n) is 1.55. The minimum Gasteiger partial charge on any atom is -0.466 e. The number of hydrogen-bond donors (Lipinski definition) is 0. The summed E-state index contributed by atoms with van der Waals surface area (Å²) in [7, 11) is 0. The maximum absolute atomic E-state index is 11.4. The lowest BCUT2D eigenvalue weighted by atomic mass is 10.00. The predicted octanol–water partition coefficient (Wildman–Crippen LogP) is 1.44. The third kappa shape index (κ3) is 3.25. The predicted molar refractivity (Wildman–Crippen MR) is 59.4 cm³/mol. The van der Waals surface area contributed by atoms with Crippen LogP contribution in [0.3, 0.4) is 0 Å². The first kappa shape index (κ1) is 10.9. The molecule has 4 heteroatoms. The van der Waals surface area contributed by atoms with Crippen LogP contribution in [0.1, 0.15) is 19.8 Å². The van der Waals surface area contributed by atoms with E-state index in [9.17, 15) is 4.79 Å². The Bertz CT molecular complexity index is 216. The molecule has 1 atom stereocenters. The second kappa shape index (κ2) is 5.57. The van der Waals surface area contributed by atoms with Gasteiger partial charge in [-0.2, -0.15) is 0 Å². The number of piperidine rings is 1. The zero-order valence-corrected chi connectivity index (χ0v) is 9.99. The molecule has 1 unspecified atom stereocenters. The first-order valence-corrected chi connectivity index (χ1v) is 5.86. The van der Waals surface area contributed by atoms with Gasteiger partial charge in [0.25, 0.3) is 0 Å². The Labute approximate surface area is 92.3 Å². The van der Waals surface area contributed by atoms with Gasteiger partial charge in [0.2, 0.25) is 0 Å². The molecule has 0 aromatic heterocycles. The molecule has 1 fully saturated rings. The van der Waals surface area contributed by atoms with E-state index in [4.69, 9.17) is 4.74 Å². The molecule has 0 saturated carbocycles. The maximum Gasteiger partial charge on any atom is 0.315 e. The second-order valence-corrected chi connectivity index (χ2v) is 3.74. The summed E-state index contributed by atoms with van der Waals surface area (Å²) in [6.07, 6.45) is 2.06. The van der Waals surface area contributed by atoms with Crippen molar-refractivity contribution in [3.05, 3.63) is 0 Å². The molecule has 0 spiro atoms. The molecule has 0 aromatic rings. The molecule has 3 nitrogen and oxygen atoms in total. The van der Waals surface area contributed by atoms with Crippen molar-refractivity contribution >= 4 is 32.8 Å². The van der Waals surface area contributed by atoms with E-state index in [1.54, 1.807) is 0 Å². The van der Waals surface area contributed by atoms with E-state index in [-0.39, 0.29) is 11.9 Å². The van der Waals surface area contributed by atoms with Gasteiger partial charge >= 0.3 is 5.97 Å². The first-order valence-electron chi connectivity index (χ1n) is 4.62. The Morgan fingerprint density at radius 2 is 2.54 bits per heavy atom. The zero-order chi connectivity index (χ0) is 9.68. The largest absolute Gasteiger partial charge is 0.466 e. The highest BCUT2D eigenvalue weighted by molar-refractivity contribution is 14.1. The Kier molecular flexibility index (Phi) is 4.69. The normalized spacial score (nSPS) is 26.0. The van der Waals surface area contributed by atoms with Crippen LogP contribution in [0.15, 0.2) is 0 Å². The van der Waals surface area contributed by atoms with E-state index in [2.05, 4.69) is 27.2 Å². The second-order valence-electron chi connectivity index (χ2n) is 3.18. The summed E-state index contributed by atoms with van der Waals surface area (Å²) in [5.41, 5.74) is 0.